The maximum atomic E-state index is 12.6. The first-order chi connectivity index (χ1) is 9.13. The van der Waals surface area contributed by atoms with E-state index >= 15 is 0 Å². The van der Waals surface area contributed by atoms with Crippen LogP contribution in [-0.2, 0) is 0 Å². The van der Waals surface area contributed by atoms with Gasteiger partial charge in [0.15, 0.2) is 0 Å². The molecule has 2 rings (SSSR count). The number of carbonyl (C=O) groups excluding carboxylic acids is 1. The number of amides is 1. The van der Waals surface area contributed by atoms with E-state index < -0.39 is 0 Å². The summed E-state index contributed by atoms with van der Waals surface area (Å²) in [6.45, 7) is 5.02. The zero-order chi connectivity index (χ0) is 13.8. The van der Waals surface area contributed by atoms with Gasteiger partial charge < -0.3 is 4.90 Å². The minimum absolute atomic E-state index is 0.181. The van der Waals surface area contributed by atoms with Crippen molar-refractivity contribution in [2.45, 2.75) is 45.6 Å². The maximum absolute atomic E-state index is 12.6. The van der Waals surface area contributed by atoms with E-state index in [1.54, 1.807) is 0 Å². The van der Waals surface area contributed by atoms with Crippen LogP contribution in [-0.4, -0.2) is 29.3 Å². The number of nitrogens with zero attached hydrogens (tertiary/aromatic N) is 1. The molecule has 0 aliphatic carbocycles. The third-order valence-corrected chi connectivity index (χ3v) is 4.33. The van der Waals surface area contributed by atoms with Crippen molar-refractivity contribution in [3.63, 3.8) is 0 Å². The molecule has 1 aliphatic rings. The molecule has 1 fully saturated rings. The second kappa shape index (κ2) is 6.42. The fraction of sp³-hybridized carbons (Fsp3) is 0.562. The van der Waals surface area contributed by atoms with Gasteiger partial charge in [-0.3, -0.25) is 4.79 Å². The first-order valence-corrected chi connectivity index (χ1v) is 7.61. The van der Waals surface area contributed by atoms with E-state index in [0.29, 0.717) is 11.9 Å². The second-order valence-corrected chi connectivity index (χ2v) is 5.80. The van der Waals surface area contributed by atoms with Gasteiger partial charge in [-0.25, -0.2) is 0 Å². The van der Waals surface area contributed by atoms with Gasteiger partial charge in [0.25, 0.3) is 5.91 Å². The highest BCUT2D eigenvalue weighted by molar-refractivity contribution is 6.17. The predicted molar refractivity (Wildman–Crippen MR) is 79.9 cm³/mol. The molecule has 3 heteroatoms. The molecule has 1 aromatic rings. The lowest BCUT2D eigenvalue weighted by Crippen LogP contribution is -2.35. The third-order valence-electron chi connectivity index (χ3n) is 4.06. The lowest BCUT2D eigenvalue weighted by Gasteiger charge is -2.25. The summed E-state index contributed by atoms with van der Waals surface area (Å²) >= 11 is 5.76. The van der Waals surface area contributed by atoms with E-state index in [0.717, 1.165) is 37.8 Å². The van der Waals surface area contributed by atoms with Crippen LogP contribution in [0.4, 0.5) is 0 Å². The Morgan fingerprint density at radius 1 is 1.37 bits per heavy atom. The van der Waals surface area contributed by atoms with Crippen molar-refractivity contribution < 1.29 is 4.79 Å². The van der Waals surface area contributed by atoms with Crippen molar-refractivity contribution in [3.8, 4) is 0 Å². The summed E-state index contributed by atoms with van der Waals surface area (Å²) in [6.07, 6.45) is 4.25. The molecule has 1 atom stereocenters. The normalized spacial score (nSPS) is 18.9. The van der Waals surface area contributed by atoms with Gasteiger partial charge in [-0.15, -0.1) is 11.6 Å². The molecule has 1 unspecified atom stereocenters. The Labute approximate surface area is 120 Å². The van der Waals surface area contributed by atoms with Crippen LogP contribution in [0, 0.1) is 13.8 Å². The number of alkyl halides is 1. The van der Waals surface area contributed by atoms with Crippen LogP contribution in [0.25, 0.3) is 0 Å². The molecule has 0 saturated carbocycles. The molecule has 1 saturated heterocycles. The molecule has 1 amide bonds. The third kappa shape index (κ3) is 3.30. The highest BCUT2D eigenvalue weighted by Crippen LogP contribution is 2.24. The summed E-state index contributed by atoms with van der Waals surface area (Å²) in [5.41, 5.74) is 3.24. The molecule has 104 valence electrons. The second-order valence-electron chi connectivity index (χ2n) is 5.42. The molecule has 2 nitrogen and oxygen atoms in total. The zero-order valence-electron chi connectivity index (χ0n) is 11.8. The predicted octanol–water partition coefficient (Wildman–Crippen LogP) is 3.93. The monoisotopic (exact) mass is 279 g/mol. The van der Waals surface area contributed by atoms with Crippen molar-refractivity contribution >= 4 is 17.5 Å². The Morgan fingerprint density at radius 3 is 2.84 bits per heavy atom. The Bertz CT molecular complexity index is 458. The summed E-state index contributed by atoms with van der Waals surface area (Å²) in [5.74, 6) is 0.863. The largest absolute Gasteiger partial charge is 0.336 e. The van der Waals surface area contributed by atoms with Crippen molar-refractivity contribution in [3.05, 3.63) is 34.9 Å². The van der Waals surface area contributed by atoms with E-state index in [-0.39, 0.29) is 5.91 Å². The van der Waals surface area contributed by atoms with Crippen LogP contribution in [0.15, 0.2) is 18.2 Å². The van der Waals surface area contributed by atoms with E-state index in [1.807, 2.05) is 23.1 Å². The van der Waals surface area contributed by atoms with Gasteiger partial charge >= 0.3 is 0 Å². The van der Waals surface area contributed by atoms with Gasteiger partial charge in [0.1, 0.15) is 0 Å². The SMILES string of the molecule is Cc1ccc(C(=O)N2CCCC2CCCCl)cc1C. The van der Waals surface area contributed by atoms with Gasteiger partial charge in [0.05, 0.1) is 0 Å². The number of halogens is 1. The minimum Gasteiger partial charge on any atom is -0.336 e. The first-order valence-electron chi connectivity index (χ1n) is 7.07. The maximum Gasteiger partial charge on any atom is 0.254 e. The number of hydrogen-bond acceptors (Lipinski definition) is 1. The molecular formula is C16H22ClNO. The summed E-state index contributed by atoms with van der Waals surface area (Å²) in [7, 11) is 0. The summed E-state index contributed by atoms with van der Waals surface area (Å²) < 4.78 is 0. The molecule has 0 spiro atoms. The molecule has 1 aromatic carbocycles. The van der Waals surface area contributed by atoms with Gasteiger partial charge in [-0.1, -0.05) is 6.07 Å². The number of rotatable bonds is 4. The molecule has 0 aromatic heterocycles. The topological polar surface area (TPSA) is 20.3 Å². The number of aryl methyl sites for hydroxylation is 2. The number of carbonyl (C=O) groups is 1. The zero-order valence-corrected chi connectivity index (χ0v) is 12.5. The Balaban J connectivity index is 2.11. The van der Waals surface area contributed by atoms with Gasteiger partial charge in [-0.05, 0) is 62.8 Å². The van der Waals surface area contributed by atoms with Crippen molar-refractivity contribution in [1.82, 2.24) is 4.90 Å². The van der Waals surface area contributed by atoms with Gasteiger partial charge in [-0.2, -0.15) is 0 Å². The highest BCUT2D eigenvalue weighted by atomic mass is 35.5. The minimum atomic E-state index is 0.181. The smallest absolute Gasteiger partial charge is 0.254 e. The van der Waals surface area contributed by atoms with E-state index in [4.69, 9.17) is 11.6 Å². The highest BCUT2D eigenvalue weighted by Gasteiger charge is 2.28. The Kier molecular flexibility index (Phi) is 4.87. The van der Waals surface area contributed by atoms with E-state index in [2.05, 4.69) is 13.8 Å². The summed E-state index contributed by atoms with van der Waals surface area (Å²) in [4.78, 5) is 14.6. The average molecular weight is 280 g/mol. The molecular weight excluding hydrogens is 258 g/mol. The van der Waals surface area contributed by atoms with Gasteiger partial charge in [0.2, 0.25) is 0 Å². The van der Waals surface area contributed by atoms with Gasteiger partial charge in [0, 0.05) is 24.0 Å². The van der Waals surface area contributed by atoms with Crippen LogP contribution >= 0.6 is 11.6 Å². The summed E-state index contributed by atoms with van der Waals surface area (Å²) in [6, 6.07) is 6.37. The van der Waals surface area contributed by atoms with Crippen LogP contribution < -0.4 is 0 Å². The molecule has 1 heterocycles. The fourth-order valence-electron chi connectivity index (χ4n) is 2.76. The van der Waals surface area contributed by atoms with Crippen LogP contribution in [0.3, 0.4) is 0 Å². The Morgan fingerprint density at radius 2 is 2.16 bits per heavy atom. The molecule has 19 heavy (non-hydrogen) atoms. The molecule has 0 radical (unpaired) electrons. The molecule has 1 aliphatic heterocycles. The lowest BCUT2D eigenvalue weighted by molar-refractivity contribution is 0.0730. The Hall–Kier alpha value is -1.02. The first kappa shape index (κ1) is 14.4. The van der Waals surface area contributed by atoms with E-state index in [9.17, 15) is 4.79 Å². The number of hydrogen-bond donors (Lipinski definition) is 0. The summed E-state index contributed by atoms with van der Waals surface area (Å²) in [5, 5.41) is 0. The number of benzene rings is 1. The van der Waals surface area contributed by atoms with Crippen molar-refractivity contribution in [2.24, 2.45) is 0 Å². The van der Waals surface area contributed by atoms with Crippen molar-refractivity contribution in [2.75, 3.05) is 12.4 Å². The van der Waals surface area contributed by atoms with E-state index in [1.165, 1.54) is 11.1 Å². The quantitative estimate of drug-likeness (QED) is 0.765. The number of likely N-dealkylation sites (tertiary alicyclic amines) is 1. The fourth-order valence-corrected chi connectivity index (χ4v) is 2.91. The molecule has 0 N–H and O–H groups in total. The lowest BCUT2D eigenvalue weighted by atomic mass is 10.0. The van der Waals surface area contributed by atoms with Crippen LogP contribution in [0.2, 0.25) is 0 Å². The van der Waals surface area contributed by atoms with Crippen molar-refractivity contribution in [1.29, 1.82) is 0 Å². The molecule has 0 bridgehead atoms. The average Bonchev–Trinajstić information content (AvgIpc) is 2.87. The van der Waals surface area contributed by atoms with Crippen LogP contribution in [0.1, 0.15) is 47.2 Å². The van der Waals surface area contributed by atoms with Crippen LogP contribution in [0.5, 0.6) is 0 Å². The standard InChI is InChI=1S/C16H22ClNO/c1-12-7-8-14(11-13(12)2)16(19)18-10-4-6-15(18)5-3-9-17/h7-8,11,15H,3-6,9-10H2,1-2H3.